The summed E-state index contributed by atoms with van der Waals surface area (Å²) in [7, 11) is 0. The molecule has 2 saturated carbocycles. The lowest BCUT2D eigenvalue weighted by Gasteiger charge is -2.32. The fraction of sp³-hybridized carbons (Fsp3) is 0.682. The number of nitrogens with two attached hydrogens (primary N) is 1. The molecule has 0 radical (unpaired) electrons. The molecule has 1 atom stereocenters. The van der Waals surface area contributed by atoms with E-state index >= 15 is 0 Å². The molecule has 0 aromatic heterocycles. The summed E-state index contributed by atoms with van der Waals surface area (Å²) < 4.78 is 5.86. The Labute approximate surface area is 157 Å². The van der Waals surface area contributed by atoms with Gasteiger partial charge in [-0.25, -0.2) is 0 Å². The molecule has 2 fully saturated rings. The number of esters is 1. The first-order chi connectivity index (χ1) is 12.7. The predicted molar refractivity (Wildman–Crippen MR) is 104 cm³/mol. The fourth-order valence-corrected chi connectivity index (χ4v) is 4.33. The first-order valence-electron chi connectivity index (χ1n) is 10.4. The van der Waals surface area contributed by atoms with Gasteiger partial charge in [0.15, 0.2) is 0 Å². The van der Waals surface area contributed by atoms with Crippen LogP contribution in [0.3, 0.4) is 0 Å². The topological polar surface area (TPSA) is 64.3 Å². The van der Waals surface area contributed by atoms with Crippen molar-refractivity contribution in [3.8, 4) is 0 Å². The summed E-state index contributed by atoms with van der Waals surface area (Å²) in [5.41, 5.74) is 7.99. The summed E-state index contributed by atoms with van der Waals surface area (Å²) in [6, 6.07) is 8.13. The van der Waals surface area contributed by atoms with Crippen LogP contribution in [0.15, 0.2) is 24.3 Å². The first-order valence-corrected chi connectivity index (χ1v) is 10.4. The van der Waals surface area contributed by atoms with Crippen molar-refractivity contribution in [2.45, 2.75) is 83.5 Å². The van der Waals surface area contributed by atoms with Crippen LogP contribution in [0, 0.1) is 11.8 Å². The van der Waals surface area contributed by atoms with E-state index in [1.54, 1.807) is 0 Å². The van der Waals surface area contributed by atoms with Crippen molar-refractivity contribution in [2.24, 2.45) is 17.6 Å². The smallest absolute Gasteiger partial charge is 0.323 e. The van der Waals surface area contributed by atoms with Gasteiger partial charge in [0.25, 0.3) is 0 Å². The van der Waals surface area contributed by atoms with Gasteiger partial charge in [-0.05, 0) is 61.5 Å². The van der Waals surface area contributed by atoms with Crippen LogP contribution < -0.4 is 11.1 Å². The van der Waals surface area contributed by atoms with Crippen LogP contribution in [0.2, 0.25) is 0 Å². The molecular formula is C22H34N2O2. The summed E-state index contributed by atoms with van der Waals surface area (Å²) in [6.45, 7) is 3.57. The number of rotatable bonds is 7. The summed E-state index contributed by atoms with van der Waals surface area (Å²) >= 11 is 0. The lowest BCUT2D eigenvalue weighted by Crippen LogP contribution is -2.45. The van der Waals surface area contributed by atoms with Crippen LogP contribution in [0.4, 0.5) is 0 Å². The Morgan fingerprint density at radius 3 is 2.31 bits per heavy atom. The summed E-state index contributed by atoms with van der Waals surface area (Å²) in [5.74, 6) is 1.14. The summed E-state index contributed by atoms with van der Waals surface area (Å²) in [5, 5.41) is 3.53. The molecule has 0 saturated heterocycles. The normalized spacial score (nSPS) is 25.2. The zero-order valence-corrected chi connectivity index (χ0v) is 16.1. The van der Waals surface area contributed by atoms with Gasteiger partial charge in [-0.2, -0.15) is 0 Å². The second-order valence-electron chi connectivity index (χ2n) is 8.24. The minimum absolute atomic E-state index is 0.0324. The highest BCUT2D eigenvalue weighted by molar-refractivity contribution is 5.76. The van der Waals surface area contributed by atoms with Gasteiger partial charge in [-0.15, -0.1) is 0 Å². The van der Waals surface area contributed by atoms with E-state index in [4.69, 9.17) is 10.5 Å². The second kappa shape index (κ2) is 9.52. The van der Waals surface area contributed by atoms with Gasteiger partial charge >= 0.3 is 5.97 Å². The number of benzene rings is 1. The summed E-state index contributed by atoms with van der Waals surface area (Å²) in [4.78, 5) is 12.9. The van der Waals surface area contributed by atoms with Crippen LogP contribution in [-0.2, 0) is 22.6 Å². The molecule has 2 aliphatic rings. The van der Waals surface area contributed by atoms with E-state index in [1.807, 2.05) is 0 Å². The quantitative estimate of drug-likeness (QED) is 0.725. The van der Waals surface area contributed by atoms with Crippen molar-refractivity contribution in [1.29, 1.82) is 0 Å². The monoisotopic (exact) mass is 358 g/mol. The average Bonchev–Trinajstić information content (AvgIpc) is 3.17. The summed E-state index contributed by atoms with van der Waals surface area (Å²) in [6.07, 6.45) is 9.22. The molecule has 1 aromatic carbocycles. The highest BCUT2D eigenvalue weighted by atomic mass is 16.5. The Kier molecular flexibility index (Phi) is 7.09. The molecule has 1 aromatic rings. The fourth-order valence-electron chi connectivity index (χ4n) is 4.33. The zero-order chi connectivity index (χ0) is 18.4. The van der Waals surface area contributed by atoms with E-state index in [-0.39, 0.29) is 18.1 Å². The second-order valence-corrected chi connectivity index (χ2v) is 8.24. The molecular weight excluding hydrogens is 324 g/mol. The van der Waals surface area contributed by atoms with Crippen molar-refractivity contribution in [3.05, 3.63) is 35.4 Å². The van der Waals surface area contributed by atoms with Gasteiger partial charge in [0.05, 0.1) is 0 Å². The molecule has 0 aliphatic heterocycles. The predicted octanol–water partition coefficient (Wildman–Crippen LogP) is 3.92. The Hall–Kier alpha value is -1.39. The largest absolute Gasteiger partial charge is 0.461 e. The van der Waals surface area contributed by atoms with Gasteiger partial charge in [-0.3, -0.25) is 4.79 Å². The Balaban J connectivity index is 1.61. The number of ether oxygens (including phenoxy) is 1. The molecule has 0 spiro atoms. The standard InChI is InChI=1S/C22H34N2O2/c1-16-6-12-19(13-7-16)21(22(25)26-20-4-2-3-5-20)24-15-18-10-8-17(14-23)9-11-18/h8-11,16,19-21,24H,2-7,12-15,23H2,1H3. The number of carbonyl (C=O) groups is 1. The van der Waals surface area contributed by atoms with Crippen molar-refractivity contribution in [2.75, 3.05) is 0 Å². The first kappa shape index (κ1) is 19.4. The van der Waals surface area contributed by atoms with Gasteiger partial charge in [0, 0.05) is 13.1 Å². The molecule has 4 nitrogen and oxygen atoms in total. The van der Waals surface area contributed by atoms with Gasteiger partial charge < -0.3 is 15.8 Å². The minimum atomic E-state index is -0.183. The van der Waals surface area contributed by atoms with Crippen molar-refractivity contribution in [1.82, 2.24) is 5.32 Å². The molecule has 0 amide bonds. The molecule has 1 unspecified atom stereocenters. The molecule has 0 heterocycles. The van der Waals surface area contributed by atoms with Crippen LogP contribution in [-0.4, -0.2) is 18.1 Å². The SMILES string of the molecule is CC1CCC(C(NCc2ccc(CN)cc2)C(=O)OC2CCCC2)CC1. The van der Waals surface area contributed by atoms with Crippen molar-refractivity contribution in [3.63, 3.8) is 0 Å². The Morgan fingerprint density at radius 1 is 1.08 bits per heavy atom. The lowest BCUT2D eigenvalue weighted by atomic mass is 9.79. The van der Waals surface area contributed by atoms with Gasteiger partial charge in [0.2, 0.25) is 0 Å². The van der Waals surface area contributed by atoms with E-state index in [1.165, 1.54) is 31.2 Å². The van der Waals surface area contributed by atoms with Crippen LogP contribution in [0.5, 0.6) is 0 Å². The highest BCUT2D eigenvalue weighted by Gasteiger charge is 2.33. The zero-order valence-electron chi connectivity index (χ0n) is 16.1. The maximum Gasteiger partial charge on any atom is 0.323 e. The molecule has 4 heteroatoms. The number of nitrogens with one attached hydrogen (secondary N) is 1. The van der Waals surface area contributed by atoms with Gasteiger partial charge in [0.1, 0.15) is 12.1 Å². The van der Waals surface area contributed by atoms with E-state index in [0.717, 1.165) is 37.2 Å². The molecule has 26 heavy (non-hydrogen) atoms. The Bertz CT molecular complexity index is 558. The third-order valence-corrected chi connectivity index (χ3v) is 6.16. The van der Waals surface area contributed by atoms with E-state index < -0.39 is 0 Å². The van der Waals surface area contributed by atoms with Crippen LogP contribution in [0.25, 0.3) is 0 Å². The maximum atomic E-state index is 12.9. The molecule has 2 aliphatic carbocycles. The number of hydrogen-bond acceptors (Lipinski definition) is 4. The highest BCUT2D eigenvalue weighted by Crippen LogP contribution is 2.32. The van der Waals surface area contributed by atoms with Crippen LogP contribution >= 0.6 is 0 Å². The maximum absolute atomic E-state index is 12.9. The van der Waals surface area contributed by atoms with E-state index in [2.05, 4.69) is 36.5 Å². The van der Waals surface area contributed by atoms with Gasteiger partial charge in [-0.1, -0.05) is 44.0 Å². The van der Waals surface area contributed by atoms with E-state index in [0.29, 0.717) is 19.0 Å². The molecule has 144 valence electrons. The average molecular weight is 359 g/mol. The molecule has 0 bridgehead atoms. The third kappa shape index (κ3) is 5.31. The molecule has 3 N–H and O–H groups in total. The molecule has 3 rings (SSSR count). The minimum Gasteiger partial charge on any atom is -0.461 e. The number of hydrogen-bond donors (Lipinski definition) is 2. The van der Waals surface area contributed by atoms with E-state index in [9.17, 15) is 4.79 Å². The van der Waals surface area contributed by atoms with Crippen molar-refractivity contribution >= 4 is 5.97 Å². The van der Waals surface area contributed by atoms with Crippen molar-refractivity contribution < 1.29 is 9.53 Å². The third-order valence-electron chi connectivity index (χ3n) is 6.16. The lowest BCUT2D eigenvalue weighted by molar-refractivity contribution is -0.153. The Morgan fingerprint density at radius 2 is 1.69 bits per heavy atom. The number of carbonyl (C=O) groups excluding carboxylic acids is 1. The van der Waals surface area contributed by atoms with Crippen LogP contribution in [0.1, 0.15) is 69.4 Å².